The molecule has 0 aliphatic rings. The first-order valence-electron chi connectivity index (χ1n) is 5.05. The van der Waals surface area contributed by atoms with E-state index < -0.39 is 0 Å². The maximum Gasteiger partial charge on any atom is 0.121 e. The van der Waals surface area contributed by atoms with Gasteiger partial charge in [-0.3, -0.25) is 0 Å². The molecular weight excluding hydrogens is 208 g/mol. The van der Waals surface area contributed by atoms with E-state index in [1.54, 1.807) is 0 Å². The van der Waals surface area contributed by atoms with E-state index in [-0.39, 0.29) is 0 Å². The van der Waals surface area contributed by atoms with Crippen molar-refractivity contribution in [3.63, 3.8) is 0 Å². The summed E-state index contributed by atoms with van der Waals surface area (Å²) in [4.78, 5) is 7.56. The Kier molecular flexibility index (Phi) is 3.16. The van der Waals surface area contributed by atoms with Crippen LogP contribution in [0, 0.1) is 0 Å². The number of imidazole rings is 1. The van der Waals surface area contributed by atoms with Crippen LogP contribution in [-0.2, 0) is 5.75 Å². The minimum Gasteiger partial charge on any atom is -0.494 e. The fraction of sp³-hybridized carbons (Fsp3) is 0.364. The van der Waals surface area contributed by atoms with Crippen molar-refractivity contribution in [1.82, 2.24) is 9.97 Å². The molecule has 0 atom stereocenters. The van der Waals surface area contributed by atoms with Crippen molar-refractivity contribution >= 4 is 23.7 Å². The van der Waals surface area contributed by atoms with Gasteiger partial charge >= 0.3 is 0 Å². The minimum absolute atomic E-state index is 0.625. The van der Waals surface area contributed by atoms with Gasteiger partial charge in [0.25, 0.3) is 0 Å². The van der Waals surface area contributed by atoms with E-state index in [1.807, 2.05) is 18.2 Å². The summed E-state index contributed by atoms with van der Waals surface area (Å²) in [5.41, 5.74) is 1.97. The molecule has 0 spiro atoms. The second-order valence-corrected chi connectivity index (χ2v) is 3.69. The van der Waals surface area contributed by atoms with Crippen molar-refractivity contribution < 1.29 is 4.74 Å². The molecule has 2 rings (SSSR count). The Labute approximate surface area is 94.3 Å². The Hall–Kier alpha value is -1.16. The van der Waals surface area contributed by atoms with E-state index in [9.17, 15) is 0 Å². The van der Waals surface area contributed by atoms with Gasteiger partial charge in [-0.15, -0.1) is 0 Å². The van der Waals surface area contributed by atoms with Crippen LogP contribution in [0.4, 0.5) is 0 Å². The van der Waals surface area contributed by atoms with Crippen LogP contribution in [0.25, 0.3) is 11.0 Å². The number of aromatic nitrogens is 2. The largest absolute Gasteiger partial charge is 0.494 e. The summed E-state index contributed by atoms with van der Waals surface area (Å²) in [6.07, 6.45) is 1.02. The lowest BCUT2D eigenvalue weighted by Gasteiger charge is -2.02. The number of fused-ring (bicyclic) bond motifs is 1. The highest BCUT2D eigenvalue weighted by Gasteiger charge is 2.02. The normalized spacial score (nSPS) is 10.8. The summed E-state index contributed by atoms with van der Waals surface area (Å²) in [5, 5.41) is 0. The van der Waals surface area contributed by atoms with Crippen LogP contribution in [0.1, 0.15) is 19.2 Å². The van der Waals surface area contributed by atoms with Crippen LogP contribution in [0.15, 0.2) is 18.2 Å². The molecule has 0 aliphatic carbocycles. The zero-order valence-corrected chi connectivity index (χ0v) is 9.55. The first-order valence-corrected chi connectivity index (χ1v) is 5.69. The van der Waals surface area contributed by atoms with Crippen molar-refractivity contribution in [2.75, 3.05) is 6.61 Å². The number of nitrogens with zero attached hydrogens (tertiary/aromatic N) is 1. The van der Waals surface area contributed by atoms with Gasteiger partial charge in [0.15, 0.2) is 0 Å². The molecule has 0 aliphatic heterocycles. The Morgan fingerprint density at radius 1 is 1.47 bits per heavy atom. The summed E-state index contributed by atoms with van der Waals surface area (Å²) in [7, 11) is 0. The second kappa shape index (κ2) is 4.57. The Morgan fingerprint density at radius 3 is 3.07 bits per heavy atom. The number of thiol groups is 1. The first-order chi connectivity index (χ1) is 7.33. The lowest BCUT2D eigenvalue weighted by molar-refractivity contribution is 0.318. The topological polar surface area (TPSA) is 37.9 Å². The highest BCUT2D eigenvalue weighted by Crippen LogP contribution is 2.19. The maximum atomic E-state index is 5.54. The van der Waals surface area contributed by atoms with Gasteiger partial charge in [-0.25, -0.2) is 4.98 Å². The Morgan fingerprint density at radius 2 is 2.33 bits per heavy atom. The molecule has 0 radical (unpaired) electrons. The summed E-state index contributed by atoms with van der Waals surface area (Å²) in [5.74, 6) is 2.40. The number of rotatable bonds is 4. The monoisotopic (exact) mass is 222 g/mol. The minimum atomic E-state index is 0.625. The quantitative estimate of drug-likeness (QED) is 0.781. The molecule has 4 heteroatoms. The number of H-pyrrole nitrogens is 1. The molecule has 1 heterocycles. The molecule has 0 unspecified atom stereocenters. The molecule has 2 aromatic rings. The SMILES string of the molecule is CCCOc1ccc2nc(CS)[nH]c2c1. The van der Waals surface area contributed by atoms with Gasteiger partial charge in [0.2, 0.25) is 0 Å². The Bertz CT molecular complexity index is 453. The van der Waals surface area contributed by atoms with Crippen LogP contribution in [0.3, 0.4) is 0 Å². The zero-order chi connectivity index (χ0) is 10.7. The molecule has 0 fully saturated rings. The zero-order valence-electron chi connectivity index (χ0n) is 8.66. The van der Waals surface area contributed by atoms with E-state index in [0.717, 1.165) is 35.6 Å². The average Bonchev–Trinajstić information content (AvgIpc) is 2.68. The standard InChI is InChI=1S/C11H14N2OS/c1-2-5-14-8-3-4-9-10(6-8)13-11(7-15)12-9/h3-4,6,15H,2,5,7H2,1H3,(H,12,13). The van der Waals surface area contributed by atoms with E-state index in [0.29, 0.717) is 5.75 Å². The molecule has 1 aromatic carbocycles. The predicted molar refractivity (Wildman–Crippen MR) is 64.6 cm³/mol. The lowest BCUT2D eigenvalue weighted by atomic mass is 10.3. The van der Waals surface area contributed by atoms with E-state index in [1.165, 1.54) is 0 Å². The summed E-state index contributed by atoms with van der Waals surface area (Å²) >= 11 is 4.18. The van der Waals surface area contributed by atoms with Crippen LogP contribution < -0.4 is 4.74 Å². The smallest absolute Gasteiger partial charge is 0.121 e. The Balaban J connectivity index is 2.29. The molecule has 15 heavy (non-hydrogen) atoms. The summed E-state index contributed by atoms with van der Waals surface area (Å²) < 4.78 is 5.54. The van der Waals surface area contributed by atoms with Crippen molar-refractivity contribution in [3.05, 3.63) is 24.0 Å². The van der Waals surface area contributed by atoms with Crippen molar-refractivity contribution in [1.29, 1.82) is 0 Å². The average molecular weight is 222 g/mol. The van der Waals surface area contributed by atoms with Crippen molar-refractivity contribution in [3.8, 4) is 5.75 Å². The lowest BCUT2D eigenvalue weighted by Crippen LogP contribution is -1.94. The molecule has 3 nitrogen and oxygen atoms in total. The third kappa shape index (κ3) is 2.26. The molecule has 1 aromatic heterocycles. The van der Waals surface area contributed by atoms with Gasteiger partial charge in [0, 0.05) is 11.8 Å². The number of ether oxygens (including phenoxy) is 1. The number of hydrogen-bond acceptors (Lipinski definition) is 3. The van der Waals surface area contributed by atoms with Gasteiger partial charge in [-0.05, 0) is 18.6 Å². The predicted octanol–water partition coefficient (Wildman–Crippen LogP) is 2.78. The third-order valence-electron chi connectivity index (χ3n) is 2.13. The summed E-state index contributed by atoms with van der Waals surface area (Å²) in [6, 6.07) is 5.88. The van der Waals surface area contributed by atoms with Crippen LogP contribution >= 0.6 is 12.6 Å². The van der Waals surface area contributed by atoms with Gasteiger partial charge in [-0.2, -0.15) is 12.6 Å². The van der Waals surface area contributed by atoms with Gasteiger partial charge in [0.1, 0.15) is 11.6 Å². The van der Waals surface area contributed by atoms with Crippen LogP contribution in [0.5, 0.6) is 5.75 Å². The van der Waals surface area contributed by atoms with Crippen molar-refractivity contribution in [2.24, 2.45) is 0 Å². The highest BCUT2D eigenvalue weighted by atomic mass is 32.1. The van der Waals surface area contributed by atoms with Gasteiger partial charge < -0.3 is 9.72 Å². The molecule has 1 N–H and O–H groups in total. The molecule has 0 amide bonds. The van der Waals surface area contributed by atoms with Crippen molar-refractivity contribution in [2.45, 2.75) is 19.1 Å². The van der Waals surface area contributed by atoms with E-state index >= 15 is 0 Å². The maximum absolute atomic E-state index is 5.54. The van der Waals surface area contributed by atoms with Crippen LogP contribution in [0.2, 0.25) is 0 Å². The fourth-order valence-electron chi connectivity index (χ4n) is 1.43. The molecular formula is C11H14N2OS. The van der Waals surface area contributed by atoms with Gasteiger partial charge in [0.05, 0.1) is 17.6 Å². The molecule has 0 bridgehead atoms. The van der Waals surface area contributed by atoms with E-state index in [4.69, 9.17) is 4.74 Å². The first kappa shape index (κ1) is 10.4. The third-order valence-corrected chi connectivity index (χ3v) is 2.42. The fourth-order valence-corrected chi connectivity index (χ4v) is 1.58. The second-order valence-electron chi connectivity index (χ2n) is 3.37. The number of hydrogen-bond donors (Lipinski definition) is 2. The highest BCUT2D eigenvalue weighted by molar-refractivity contribution is 7.79. The summed E-state index contributed by atoms with van der Waals surface area (Å²) in [6.45, 7) is 2.84. The van der Waals surface area contributed by atoms with Crippen LogP contribution in [-0.4, -0.2) is 16.6 Å². The van der Waals surface area contributed by atoms with E-state index in [2.05, 4.69) is 29.5 Å². The molecule has 0 saturated heterocycles. The number of nitrogens with one attached hydrogen (secondary N) is 1. The molecule has 80 valence electrons. The molecule has 0 saturated carbocycles. The number of benzene rings is 1. The van der Waals surface area contributed by atoms with Gasteiger partial charge in [-0.1, -0.05) is 6.92 Å². The number of aromatic amines is 1.